The molecule has 0 radical (unpaired) electrons. The van der Waals surface area contributed by atoms with E-state index in [1.54, 1.807) is 6.92 Å². The molecule has 0 aliphatic rings. The van der Waals surface area contributed by atoms with Crippen molar-refractivity contribution < 1.29 is 4.39 Å². The molecule has 1 heterocycles. The van der Waals surface area contributed by atoms with E-state index in [9.17, 15) is 4.39 Å². The number of halogens is 1. The van der Waals surface area contributed by atoms with Crippen molar-refractivity contribution >= 4 is 0 Å². The van der Waals surface area contributed by atoms with Gasteiger partial charge in [-0.2, -0.15) is 4.39 Å². The van der Waals surface area contributed by atoms with Crippen LogP contribution < -0.4 is 0 Å². The van der Waals surface area contributed by atoms with Crippen molar-refractivity contribution in [1.29, 1.82) is 0 Å². The van der Waals surface area contributed by atoms with E-state index >= 15 is 0 Å². The van der Waals surface area contributed by atoms with Crippen molar-refractivity contribution in [2.45, 2.75) is 40.5 Å². The van der Waals surface area contributed by atoms with Crippen LogP contribution in [0.25, 0.3) is 0 Å². The fourth-order valence-corrected chi connectivity index (χ4v) is 1.82. The Labute approximate surface area is 79.0 Å². The lowest BCUT2D eigenvalue weighted by molar-refractivity contribution is 0.565. The summed E-state index contributed by atoms with van der Waals surface area (Å²) in [7, 11) is 0. The molecule has 72 valence electrons. The molecule has 1 rings (SSSR count). The van der Waals surface area contributed by atoms with E-state index in [4.69, 9.17) is 0 Å². The molecule has 1 aromatic rings. The number of pyridine rings is 1. The smallest absolute Gasteiger partial charge is 0.216 e. The first-order chi connectivity index (χ1) is 6.11. The van der Waals surface area contributed by atoms with E-state index in [0.29, 0.717) is 5.56 Å². The van der Waals surface area contributed by atoms with Gasteiger partial charge in [-0.25, -0.2) is 4.98 Å². The van der Waals surface area contributed by atoms with E-state index < -0.39 is 0 Å². The highest BCUT2D eigenvalue weighted by Crippen LogP contribution is 2.20. The van der Waals surface area contributed by atoms with Gasteiger partial charge < -0.3 is 0 Å². The highest BCUT2D eigenvalue weighted by atomic mass is 19.1. The van der Waals surface area contributed by atoms with Crippen LogP contribution in [0.3, 0.4) is 0 Å². The van der Waals surface area contributed by atoms with Gasteiger partial charge >= 0.3 is 0 Å². The molecule has 1 nitrogen and oxygen atoms in total. The molecule has 2 heteroatoms. The fourth-order valence-electron chi connectivity index (χ4n) is 1.82. The molecule has 0 fully saturated rings. The Kier molecular flexibility index (Phi) is 3.02. The van der Waals surface area contributed by atoms with Crippen LogP contribution in [0, 0.1) is 19.8 Å². The third-order valence-electron chi connectivity index (χ3n) is 2.54. The van der Waals surface area contributed by atoms with E-state index in [-0.39, 0.29) is 5.95 Å². The molecule has 0 saturated heterocycles. The Morgan fingerprint density at radius 3 is 2.08 bits per heavy atom. The molecule has 0 bridgehead atoms. The molecular formula is C11H16FN. The Bertz CT molecular complexity index is 318. The predicted octanol–water partition coefficient (Wildman–Crippen LogP) is 2.96. The number of rotatable bonds is 2. The molecular weight excluding hydrogens is 165 g/mol. The van der Waals surface area contributed by atoms with Crippen LogP contribution in [0.1, 0.15) is 36.2 Å². The number of hydrogen-bond acceptors (Lipinski definition) is 1. The second-order valence-electron chi connectivity index (χ2n) is 3.28. The van der Waals surface area contributed by atoms with Gasteiger partial charge in [0.2, 0.25) is 5.95 Å². The Hall–Kier alpha value is -0.920. The summed E-state index contributed by atoms with van der Waals surface area (Å²) in [4.78, 5) is 3.89. The van der Waals surface area contributed by atoms with Crippen LogP contribution in [0.4, 0.5) is 4.39 Å². The van der Waals surface area contributed by atoms with E-state index in [0.717, 1.165) is 24.1 Å². The van der Waals surface area contributed by atoms with Gasteiger partial charge in [0.25, 0.3) is 0 Å². The monoisotopic (exact) mass is 181 g/mol. The second kappa shape index (κ2) is 3.86. The first-order valence-corrected chi connectivity index (χ1v) is 4.76. The zero-order valence-electron chi connectivity index (χ0n) is 8.74. The van der Waals surface area contributed by atoms with Crippen molar-refractivity contribution in [1.82, 2.24) is 4.98 Å². The van der Waals surface area contributed by atoms with Crippen LogP contribution in [0.5, 0.6) is 0 Å². The summed E-state index contributed by atoms with van der Waals surface area (Å²) in [5, 5.41) is 0. The van der Waals surface area contributed by atoms with Gasteiger partial charge in [-0.05, 0) is 37.8 Å². The van der Waals surface area contributed by atoms with Gasteiger partial charge in [0.05, 0.1) is 0 Å². The number of hydrogen-bond donors (Lipinski definition) is 0. The lowest BCUT2D eigenvalue weighted by Crippen LogP contribution is -2.04. The molecule has 0 N–H and O–H groups in total. The maximum absolute atomic E-state index is 13.2. The maximum atomic E-state index is 13.2. The van der Waals surface area contributed by atoms with Crippen molar-refractivity contribution in [3.63, 3.8) is 0 Å². The van der Waals surface area contributed by atoms with Crippen LogP contribution in [0.2, 0.25) is 0 Å². The largest absolute Gasteiger partial charge is 0.225 e. The summed E-state index contributed by atoms with van der Waals surface area (Å²) in [6.45, 7) is 7.82. The summed E-state index contributed by atoms with van der Waals surface area (Å²) in [6, 6.07) is 0. The lowest BCUT2D eigenvalue weighted by Gasteiger charge is -2.12. The van der Waals surface area contributed by atoms with Crippen molar-refractivity contribution in [2.24, 2.45) is 0 Å². The predicted molar refractivity (Wildman–Crippen MR) is 52.4 cm³/mol. The standard InChI is InChI=1S/C11H16FN/c1-5-9-7(3)11(12)13-8(4)10(9)6-2/h5-6H2,1-4H3. The van der Waals surface area contributed by atoms with Crippen LogP contribution in [0.15, 0.2) is 0 Å². The molecule has 0 aliphatic heterocycles. The zero-order chi connectivity index (χ0) is 10.0. The molecule has 0 spiro atoms. The molecule has 0 unspecified atom stereocenters. The van der Waals surface area contributed by atoms with Crippen molar-refractivity contribution in [3.8, 4) is 0 Å². The van der Waals surface area contributed by atoms with Crippen LogP contribution >= 0.6 is 0 Å². The highest BCUT2D eigenvalue weighted by Gasteiger charge is 2.11. The Balaban J connectivity index is 3.41. The lowest BCUT2D eigenvalue weighted by atomic mass is 9.98. The number of aromatic nitrogens is 1. The molecule has 1 aromatic heterocycles. The van der Waals surface area contributed by atoms with Crippen LogP contribution in [-0.2, 0) is 12.8 Å². The average Bonchev–Trinajstić information content (AvgIpc) is 2.10. The van der Waals surface area contributed by atoms with E-state index in [2.05, 4.69) is 18.8 Å². The summed E-state index contributed by atoms with van der Waals surface area (Å²) in [6.07, 6.45) is 1.82. The zero-order valence-corrected chi connectivity index (χ0v) is 8.74. The van der Waals surface area contributed by atoms with E-state index in [1.165, 1.54) is 5.56 Å². The van der Waals surface area contributed by atoms with Gasteiger partial charge in [-0.1, -0.05) is 13.8 Å². The van der Waals surface area contributed by atoms with E-state index in [1.807, 2.05) is 6.92 Å². The first kappa shape index (κ1) is 10.2. The Morgan fingerprint density at radius 2 is 1.62 bits per heavy atom. The molecule has 0 saturated carbocycles. The first-order valence-electron chi connectivity index (χ1n) is 4.76. The normalized spacial score (nSPS) is 10.5. The topological polar surface area (TPSA) is 12.9 Å². The minimum absolute atomic E-state index is 0.313. The van der Waals surface area contributed by atoms with Crippen LogP contribution in [-0.4, -0.2) is 4.98 Å². The summed E-state index contributed by atoms with van der Waals surface area (Å²) in [5.74, 6) is -0.313. The minimum atomic E-state index is -0.313. The quantitative estimate of drug-likeness (QED) is 0.639. The number of aryl methyl sites for hydroxylation is 1. The molecule has 0 aromatic carbocycles. The summed E-state index contributed by atoms with van der Waals surface area (Å²) in [5.41, 5.74) is 3.89. The van der Waals surface area contributed by atoms with Crippen molar-refractivity contribution in [3.05, 3.63) is 28.3 Å². The average molecular weight is 181 g/mol. The summed E-state index contributed by atoms with van der Waals surface area (Å²) < 4.78 is 13.2. The highest BCUT2D eigenvalue weighted by molar-refractivity contribution is 5.36. The Morgan fingerprint density at radius 1 is 1.08 bits per heavy atom. The van der Waals surface area contributed by atoms with Gasteiger partial charge in [-0.15, -0.1) is 0 Å². The number of nitrogens with zero attached hydrogens (tertiary/aromatic N) is 1. The van der Waals surface area contributed by atoms with Crippen molar-refractivity contribution in [2.75, 3.05) is 0 Å². The molecule has 0 atom stereocenters. The molecule has 0 amide bonds. The third kappa shape index (κ3) is 1.71. The minimum Gasteiger partial charge on any atom is -0.225 e. The van der Waals surface area contributed by atoms with Gasteiger partial charge in [-0.3, -0.25) is 0 Å². The molecule has 13 heavy (non-hydrogen) atoms. The summed E-state index contributed by atoms with van der Waals surface area (Å²) >= 11 is 0. The van der Waals surface area contributed by atoms with Gasteiger partial charge in [0.1, 0.15) is 0 Å². The SMILES string of the molecule is CCc1c(C)nc(F)c(C)c1CC. The second-order valence-corrected chi connectivity index (χ2v) is 3.28. The maximum Gasteiger partial charge on any atom is 0.216 e. The fraction of sp³-hybridized carbons (Fsp3) is 0.545. The van der Waals surface area contributed by atoms with Gasteiger partial charge in [0.15, 0.2) is 0 Å². The molecule has 0 aliphatic carbocycles. The third-order valence-corrected chi connectivity index (χ3v) is 2.54. The van der Waals surface area contributed by atoms with Gasteiger partial charge in [0, 0.05) is 11.3 Å².